The molecule has 0 fully saturated rings. The number of aromatic nitrogens is 4. The van der Waals surface area contributed by atoms with E-state index in [2.05, 4.69) is 21.1 Å². The normalized spacial score (nSPS) is 14.8. The number of benzene rings is 1. The zero-order valence-electron chi connectivity index (χ0n) is 10.9. The van der Waals surface area contributed by atoms with Crippen molar-refractivity contribution in [3.05, 3.63) is 39.6 Å². The maximum atomic E-state index is 12.0. The van der Waals surface area contributed by atoms with Crippen LogP contribution in [-0.2, 0) is 19.4 Å². The Morgan fingerprint density at radius 2 is 2.00 bits per heavy atom. The van der Waals surface area contributed by atoms with E-state index in [0.717, 1.165) is 18.2 Å². The largest absolute Gasteiger partial charge is 0.388 e. The number of hydrogen-bond acceptors (Lipinski definition) is 4. The summed E-state index contributed by atoms with van der Waals surface area (Å²) in [6.45, 7) is -0.229. The third-order valence-electron chi connectivity index (χ3n) is 3.96. The first kappa shape index (κ1) is 11.6. The second-order valence-corrected chi connectivity index (χ2v) is 5.23. The van der Waals surface area contributed by atoms with Gasteiger partial charge >= 0.3 is 5.69 Å². The van der Waals surface area contributed by atoms with Crippen LogP contribution in [0.3, 0.4) is 0 Å². The van der Waals surface area contributed by atoms with Gasteiger partial charge in [-0.1, -0.05) is 0 Å². The van der Waals surface area contributed by atoms with Crippen molar-refractivity contribution in [1.82, 2.24) is 19.6 Å². The van der Waals surface area contributed by atoms with Gasteiger partial charge in [0.15, 0.2) is 5.82 Å². The Bertz CT molecular complexity index is 878. The third kappa shape index (κ3) is 1.58. The molecule has 0 atom stereocenters. The summed E-state index contributed by atoms with van der Waals surface area (Å²) < 4.78 is 1.23. The Morgan fingerprint density at radius 3 is 2.75 bits per heavy atom. The van der Waals surface area contributed by atoms with E-state index in [-0.39, 0.29) is 6.61 Å². The van der Waals surface area contributed by atoms with Gasteiger partial charge in [-0.3, -0.25) is 0 Å². The van der Waals surface area contributed by atoms with Crippen molar-refractivity contribution in [3.8, 4) is 0 Å². The molecule has 102 valence electrons. The fourth-order valence-electron chi connectivity index (χ4n) is 2.98. The lowest BCUT2D eigenvalue weighted by Gasteiger charge is -2.16. The Hall–Kier alpha value is -2.21. The monoisotopic (exact) mass is 270 g/mol. The topological polar surface area (TPSA) is 83.3 Å². The van der Waals surface area contributed by atoms with Crippen molar-refractivity contribution >= 4 is 16.6 Å². The number of hydrogen-bond donors (Lipinski definition) is 2. The molecule has 1 aliphatic rings. The highest BCUT2D eigenvalue weighted by atomic mass is 16.3. The number of aromatic amines is 1. The maximum absolute atomic E-state index is 12.0. The molecular formula is C14H14N4O2. The highest BCUT2D eigenvalue weighted by Gasteiger charge is 2.15. The second-order valence-electron chi connectivity index (χ2n) is 5.23. The van der Waals surface area contributed by atoms with E-state index >= 15 is 0 Å². The lowest BCUT2D eigenvalue weighted by Crippen LogP contribution is -2.18. The molecule has 3 aromatic rings. The van der Waals surface area contributed by atoms with Gasteiger partial charge in [-0.2, -0.15) is 9.50 Å². The van der Waals surface area contributed by atoms with Crippen LogP contribution in [0.15, 0.2) is 16.9 Å². The zero-order valence-corrected chi connectivity index (χ0v) is 10.9. The van der Waals surface area contributed by atoms with Gasteiger partial charge in [0.25, 0.3) is 0 Å². The van der Waals surface area contributed by atoms with Crippen LogP contribution in [0.5, 0.6) is 0 Å². The molecule has 0 unspecified atom stereocenters. The molecule has 0 bridgehead atoms. The number of aliphatic hydroxyl groups excluding tert-OH is 1. The van der Waals surface area contributed by atoms with E-state index in [4.69, 9.17) is 5.11 Å². The highest BCUT2D eigenvalue weighted by Crippen LogP contribution is 2.26. The number of aliphatic hydroxyl groups is 1. The number of rotatable bonds is 1. The lowest BCUT2D eigenvalue weighted by atomic mass is 9.90. The van der Waals surface area contributed by atoms with Gasteiger partial charge in [-0.25, -0.2) is 4.79 Å². The minimum absolute atomic E-state index is 0.229. The summed E-state index contributed by atoms with van der Waals surface area (Å²) >= 11 is 0. The smallest absolute Gasteiger partial charge is 0.370 e. The fourth-order valence-corrected chi connectivity index (χ4v) is 2.98. The van der Waals surface area contributed by atoms with E-state index in [1.165, 1.54) is 28.5 Å². The minimum Gasteiger partial charge on any atom is -0.388 e. The summed E-state index contributed by atoms with van der Waals surface area (Å²) in [5.41, 5.74) is 3.51. The van der Waals surface area contributed by atoms with Gasteiger partial charge in [0.1, 0.15) is 12.3 Å². The summed E-state index contributed by atoms with van der Waals surface area (Å²) in [7, 11) is 0. The molecule has 0 aliphatic heterocycles. The Kier molecular flexibility index (Phi) is 2.40. The van der Waals surface area contributed by atoms with Crippen molar-refractivity contribution in [1.29, 1.82) is 0 Å². The molecule has 0 saturated carbocycles. The first-order valence-electron chi connectivity index (χ1n) is 6.80. The van der Waals surface area contributed by atoms with E-state index in [1.54, 1.807) is 0 Å². The summed E-state index contributed by atoms with van der Waals surface area (Å²) in [6, 6.07) is 4.12. The van der Waals surface area contributed by atoms with Crippen molar-refractivity contribution in [2.24, 2.45) is 0 Å². The first-order valence-corrected chi connectivity index (χ1v) is 6.80. The van der Waals surface area contributed by atoms with E-state index in [9.17, 15) is 4.79 Å². The molecule has 0 saturated heterocycles. The molecule has 1 aromatic carbocycles. The van der Waals surface area contributed by atoms with Crippen molar-refractivity contribution in [3.63, 3.8) is 0 Å². The fraction of sp³-hybridized carbons (Fsp3) is 0.357. The molecule has 4 rings (SSSR count). The summed E-state index contributed by atoms with van der Waals surface area (Å²) in [5, 5.41) is 14.1. The second kappa shape index (κ2) is 4.14. The molecule has 6 heteroatoms. The van der Waals surface area contributed by atoms with E-state index in [0.29, 0.717) is 17.0 Å². The predicted octanol–water partition coefficient (Wildman–Crippen LogP) is 0.942. The summed E-state index contributed by atoms with van der Waals surface area (Å²) in [5.74, 6) is 0.370. The van der Waals surface area contributed by atoms with Crippen LogP contribution in [0, 0.1) is 0 Å². The van der Waals surface area contributed by atoms with Crippen LogP contribution in [0.1, 0.15) is 29.8 Å². The third-order valence-corrected chi connectivity index (χ3v) is 3.96. The average molecular weight is 270 g/mol. The standard InChI is InChI=1S/C14H14N4O2/c19-7-12-16-13-10-5-8-3-1-2-4-9(8)6-11(10)15-14(20)18(13)17-12/h5-6,19H,1-4,7H2,(H,16,17). The number of fused-ring (bicyclic) bond motifs is 4. The minimum atomic E-state index is -0.417. The van der Waals surface area contributed by atoms with Crippen molar-refractivity contribution in [2.45, 2.75) is 32.3 Å². The van der Waals surface area contributed by atoms with Crippen LogP contribution in [0.25, 0.3) is 16.6 Å². The van der Waals surface area contributed by atoms with Crippen LogP contribution in [0.2, 0.25) is 0 Å². The van der Waals surface area contributed by atoms with Gasteiger partial charge in [0, 0.05) is 5.39 Å². The molecule has 20 heavy (non-hydrogen) atoms. The van der Waals surface area contributed by atoms with E-state index in [1.807, 2.05) is 6.07 Å². The van der Waals surface area contributed by atoms with Crippen LogP contribution in [0.4, 0.5) is 0 Å². The van der Waals surface area contributed by atoms with Crippen molar-refractivity contribution < 1.29 is 5.11 Å². The number of H-pyrrole nitrogens is 1. The quantitative estimate of drug-likeness (QED) is 0.689. The van der Waals surface area contributed by atoms with Gasteiger partial charge < -0.3 is 10.1 Å². The van der Waals surface area contributed by atoms with Crippen LogP contribution in [-0.4, -0.2) is 24.7 Å². The number of nitrogens with one attached hydrogen (secondary N) is 1. The predicted molar refractivity (Wildman–Crippen MR) is 73.7 cm³/mol. The number of aryl methyl sites for hydroxylation is 2. The van der Waals surface area contributed by atoms with Crippen molar-refractivity contribution in [2.75, 3.05) is 0 Å². The first-order chi connectivity index (χ1) is 9.76. The van der Waals surface area contributed by atoms with Gasteiger partial charge in [0.05, 0.1) is 5.52 Å². The highest BCUT2D eigenvalue weighted by molar-refractivity contribution is 5.92. The molecule has 2 aromatic heterocycles. The molecule has 0 amide bonds. The lowest BCUT2D eigenvalue weighted by molar-refractivity contribution is 0.271. The SMILES string of the molecule is O=c1nc2cc3c(cc2c2[nH]c(CO)nn12)CCCC3. The Labute approximate surface area is 114 Å². The van der Waals surface area contributed by atoms with Gasteiger partial charge in [-0.15, -0.1) is 5.10 Å². The Morgan fingerprint density at radius 1 is 1.25 bits per heavy atom. The number of nitrogens with zero attached hydrogens (tertiary/aromatic N) is 3. The van der Waals surface area contributed by atoms with Crippen LogP contribution < -0.4 is 5.69 Å². The average Bonchev–Trinajstić information content (AvgIpc) is 2.91. The molecule has 2 N–H and O–H groups in total. The Balaban J connectivity index is 2.12. The molecule has 1 aliphatic carbocycles. The molecule has 2 heterocycles. The van der Waals surface area contributed by atoms with Gasteiger partial charge in [-0.05, 0) is 48.9 Å². The zero-order chi connectivity index (χ0) is 13.7. The van der Waals surface area contributed by atoms with Crippen LogP contribution >= 0.6 is 0 Å². The molecule has 6 nitrogen and oxygen atoms in total. The maximum Gasteiger partial charge on any atom is 0.370 e. The van der Waals surface area contributed by atoms with E-state index < -0.39 is 5.69 Å². The molecular weight excluding hydrogens is 256 g/mol. The summed E-state index contributed by atoms with van der Waals surface area (Å²) in [6.07, 6.45) is 4.51. The molecule has 0 spiro atoms. The van der Waals surface area contributed by atoms with Gasteiger partial charge in [0.2, 0.25) is 0 Å². The molecule has 0 radical (unpaired) electrons. The summed E-state index contributed by atoms with van der Waals surface area (Å²) in [4.78, 5) is 19.1.